The molecule has 0 bridgehead atoms. The van der Waals surface area contributed by atoms with Crippen LogP contribution in [0.25, 0.3) is 0 Å². The lowest BCUT2D eigenvalue weighted by Crippen LogP contribution is -2.61. The van der Waals surface area contributed by atoms with Crippen LogP contribution in [-0.2, 0) is 0 Å². The average Bonchev–Trinajstić information content (AvgIpc) is 2.26. The molecule has 1 heterocycles. The number of benzene rings is 1. The fourth-order valence-corrected chi connectivity index (χ4v) is 2.71. The van der Waals surface area contributed by atoms with E-state index in [-0.39, 0.29) is 5.54 Å². The summed E-state index contributed by atoms with van der Waals surface area (Å²) in [7, 11) is 1.73. The first-order chi connectivity index (χ1) is 8.02. The second-order valence-electron chi connectivity index (χ2n) is 5.48. The van der Waals surface area contributed by atoms with E-state index >= 15 is 0 Å². The van der Waals surface area contributed by atoms with Gasteiger partial charge in [0, 0.05) is 24.7 Å². The number of hydrogen-bond donors (Lipinski definition) is 1. The highest BCUT2D eigenvalue weighted by Crippen LogP contribution is 2.30. The zero-order valence-corrected chi connectivity index (χ0v) is 11.2. The van der Waals surface area contributed by atoms with Crippen molar-refractivity contribution in [1.29, 1.82) is 0 Å². The number of para-hydroxylation sites is 2. The Morgan fingerprint density at radius 2 is 2.06 bits per heavy atom. The number of anilines is 1. The maximum atomic E-state index is 5.44. The van der Waals surface area contributed by atoms with Gasteiger partial charge in [0.1, 0.15) is 5.75 Å². The summed E-state index contributed by atoms with van der Waals surface area (Å²) in [4.78, 5) is 2.40. The molecule has 1 aromatic rings. The minimum atomic E-state index is 0.137. The Bertz CT molecular complexity index is 390. The minimum absolute atomic E-state index is 0.137. The van der Waals surface area contributed by atoms with Crippen LogP contribution in [0.5, 0.6) is 5.75 Å². The second kappa shape index (κ2) is 4.57. The molecule has 0 aliphatic carbocycles. The van der Waals surface area contributed by atoms with Crippen LogP contribution >= 0.6 is 0 Å². The van der Waals surface area contributed by atoms with Gasteiger partial charge in [-0.1, -0.05) is 12.1 Å². The maximum Gasteiger partial charge on any atom is 0.142 e. The summed E-state index contributed by atoms with van der Waals surface area (Å²) in [5.41, 5.74) is 1.33. The van der Waals surface area contributed by atoms with Gasteiger partial charge in [-0.2, -0.15) is 0 Å². The highest BCUT2D eigenvalue weighted by atomic mass is 16.5. The largest absolute Gasteiger partial charge is 0.495 e. The molecule has 2 rings (SSSR count). The normalized spacial score (nSPS) is 23.5. The third kappa shape index (κ3) is 2.72. The molecule has 1 atom stereocenters. The van der Waals surface area contributed by atoms with Crippen LogP contribution in [0, 0.1) is 0 Å². The fourth-order valence-electron chi connectivity index (χ4n) is 2.71. The van der Waals surface area contributed by atoms with Crippen molar-refractivity contribution in [2.75, 3.05) is 25.1 Å². The van der Waals surface area contributed by atoms with E-state index in [0.717, 1.165) is 18.8 Å². The van der Waals surface area contributed by atoms with Crippen LogP contribution in [0.4, 0.5) is 5.69 Å². The van der Waals surface area contributed by atoms with Gasteiger partial charge in [-0.05, 0) is 32.9 Å². The SMILES string of the molecule is COc1ccccc1N1CC(C)NC(C)(C)C1. The Morgan fingerprint density at radius 1 is 1.35 bits per heavy atom. The lowest BCUT2D eigenvalue weighted by molar-refractivity contribution is 0.299. The quantitative estimate of drug-likeness (QED) is 0.849. The van der Waals surface area contributed by atoms with Crippen molar-refractivity contribution >= 4 is 5.69 Å². The first-order valence-electron chi connectivity index (χ1n) is 6.17. The van der Waals surface area contributed by atoms with E-state index in [9.17, 15) is 0 Å². The van der Waals surface area contributed by atoms with E-state index < -0.39 is 0 Å². The molecule has 0 saturated carbocycles. The lowest BCUT2D eigenvalue weighted by atomic mass is 9.98. The maximum absolute atomic E-state index is 5.44. The molecule has 0 spiro atoms. The number of hydrogen-bond acceptors (Lipinski definition) is 3. The first kappa shape index (κ1) is 12.2. The van der Waals surface area contributed by atoms with Gasteiger partial charge in [0.25, 0.3) is 0 Å². The van der Waals surface area contributed by atoms with Gasteiger partial charge >= 0.3 is 0 Å². The molecule has 0 aromatic heterocycles. The Labute approximate surface area is 104 Å². The molecule has 1 N–H and O–H groups in total. The molecule has 3 nitrogen and oxygen atoms in total. The molecule has 3 heteroatoms. The zero-order valence-electron chi connectivity index (χ0n) is 11.2. The molecular weight excluding hydrogens is 212 g/mol. The predicted octanol–water partition coefficient (Wildman–Crippen LogP) is 2.27. The Kier molecular flexibility index (Phi) is 3.29. The molecule has 1 aliphatic rings. The molecule has 1 unspecified atom stereocenters. The number of ether oxygens (including phenoxy) is 1. The average molecular weight is 234 g/mol. The summed E-state index contributed by atoms with van der Waals surface area (Å²) in [5, 5.41) is 3.61. The molecule has 0 radical (unpaired) electrons. The molecule has 17 heavy (non-hydrogen) atoms. The highest BCUT2D eigenvalue weighted by molar-refractivity contribution is 5.59. The van der Waals surface area contributed by atoms with Crippen molar-refractivity contribution < 1.29 is 4.74 Å². The summed E-state index contributed by atoms with van der Waals surface area (Å²) >= 11 is 0. The molecule has 94 valence electrons. The van der Waals surface area contributed by atoms with Gasteiger partial charge in [0.05, 0.1) is 12.8 Å². The third-order valence-electron chi connectivity index (χ3n) is 3.14. The first-order valence-corrected chi connectivity index (χ1v) is 6.17. The number of nitrogens with one attached hydrogen (secondary N) is 1. The van der Waals surface area contributed by atoms with Crippen LogP contribution in [-0.4, -0.2) is 31.8 Å². The van der Waals surface area contributed by atoms with Crippen LogP contribution in [0.2, 0.25) is 0 Å². The van der Waals surface area contributed by atoms with Crippen molar-refractivity contribution in [3.8, 4) is 5.75 Å². The van der Waals surface area contributed by atoms with Crippen molar-refractivity contribution in [2.45, 2.75) is 32.4 Å². The number of rotatable bonds is 2. The van der Waals surface area contributed by atoms with Crippen molar-refractivity contribution in [3.63, 3.8) is 0 Å². The van der Waals surface area contributed by atoms with Gasteiger partial charge in [-0.3, -0.25) is 0 Å². The topological polar surface area (TPSA) is 24.5 Å². The summed E-state index contributed by atoms with van der Waals surface area (Å²) in [6.45, 7) is 8.72. The van der Waals surface area contributed by atoms with Crippen molar-refractivity contribution in [2.24, 2.45) is 0 Å². The van der Waals surface area contributed by atoms with Gasteiger partial charge in [-0.25, -0.2) is 0 Å². The predicted molar refractivity (Wildman–Crippen MR) is 71.9 cm³/mol. The molecule has 1 aliphatic heterocycles. The highest BCUT2D eigenvalue weighted by Gasteiger charge is 2.30. The summed E-state index contributed by atoms with van der Waals surface area (Å²) < 4.78 is 5.44. The minimum Gasteiger partial charge on any atom is -0.495 e. The fraction of sp³-hybridized carbons (Fsp3) is 0.571. The van der Waals surface area contributed by atoms with Gasteiger partial charge < -0.3 is 15.0 Å². The zero-order chi connectivity index (χ0) is 12.5. The van der Waals surface area contributed by atoms with Gasteiger partial charge in [-0.15, -0.1) is 0 Å². The lowest BCUT2D eigenvalue weighted by Gasteiger charge is -2.44. The monoisotopic (exact) mass is 234 g/mol. The summed E-state index contributed by atoms with van der Waals surface area (Å²) in [5.74, 6) is 0.956. The Hall–Kier alpha value is -1.22. The molecule has 1 saturated heterocycles. The third-order valence-corrected chi connectivity index (χ3v) is 3.14. The number of piperazine rings is 1. The van der Waals surface area contributed by atoms with Crippen LogP contribution in [0.15, 0.2) is 24.3 Å². The van der Waals surface area contributed by atoms with Crippen molar-refractivity contribution in [3.05, 3.63) is 24.3 Å². The van der Waals surface area contributed by atoms with Crippen LogP contribution < -0.4 is 15.0 Å². The Morgan fingerprint density at radius 3 is 2.71 bits per heavy atom. The van der Waals surface area contributed by atoms with E-state index in [1.54, 1.807) is 7.11 Å². The molecule has 0 amide bonds. The Balaban J connectivity index is 2.27. The standard InChI is InChI=1S/C14H22N2O/c1-11-9-16(10-14(2,3)15-11)12-7-5-6-8-13(12)17-4/h5-8,11,15H,9-10H2,1-4H3. The molecular formula is C14H22N2O. The van der Waals surface area contributed by atoms with Crippen LogP contribution in [0.3, 0.4) is 0 Å². The second-order valence-corrected chi connectivity index (χ2v) is 5.48. The van der Waals surface area contributed by atoms with E-state index in [1.807, 2.05) is 12.1 Å². The van der Waals surface area contributed by atoms with Crippen LogP contribution in [0.1, 0.15) is 20.8 Å². The summed E-state index contributed by atoms with van der Waals surface area (Å²) in [6.07, 6.45) is 0. The number of methoxy groups -OCH3 is 1. The number of nitrogens with zero attached hydrogens (tertiary/aromatic N) is 1. The van der Waals surface area contributed by atoms with E-state index in [1.165, 1.54) is 5.69 Å². The van der Waals surface area contributed by atoms with E-state index in [4.69, 9.17) is 4.74 Å². The van der Waals surface area contributed by atoms with E-state index in [2.05, 4.69) is 43.1 Å². The smallest absolute Gasteiger partial charge is 0.142 e. The van der Waals surface area contributed by atoms with Gasteiger partial charge in [0.15, 0.2) is 0 Å². The van der Waals surface area contributed by atoms with Crippen molar-refractivity contribution in [1.82, 2.24) is 5.32 Å². The molecule has 1 fully saturated rings. The van der Waals surface area contributed by atoms with Gasteiger partial charge in [0.2, 0.25) is 0 Å². The van der Waals surface area contributed by atoms with E-state index in [0.29, 0.717) is 6.04 Å². The molecule has 1 aromatic carbocycles. The summed E-state index contributed by atoms with van der Waals surface area (Å²) in [6, 6.07) is 8.72.